The molecule has 0 spiro atoms. The topological polar surface area (TPSA) is 63.6 Å². The molecule has 1 aromatic heterocycles. The fraction of sp³-hybridized carbons (Fsp3) is 0.235. The van der Waals surface area contributed by atoms with Crippen molar-refractivity contribution in [2.75, 3.05) is 0 Å². The first-order chi connectivity index (χ1) is 11.0. The van der Waals surface area contributed by atoms with Crippen molar-refractivity contribution in [1.29, 1.82) is 0 Å². The number of aryl methyl sites for hydroxylation is 1. The number of hydrazone groups is 1. The molecule has 6 heteroatoms. The highest BCUT2D eigenvalue weighted by molar-refractivity contribution is 6.30. The Balaban J connectivity index is 1.97. The summed E-state index contributed by atoms with van der Waals surface area (Å²) in [6.07, 6.45) is 0.987. The van der Waals surface area contributed by atoms with Crippen molar-refractivity contribution in [1.82, 2.24) is 10.4 Å². The minimum absolute atomic E-state index is 0.338. The molecule has 0 fully saturated rings. The van der Waals surface area contributed by atoms with Crippen molar-refractivity contribution in [2.24, 2.45) is 5.10 Å². The number of rotatable bonds is 5. The lowest BCUT2D eigenvalue weighted by molar-refractivity contribution is -0.127. The molecule has 0 saturated carbocycles. The highest BCUT2D eigenvalue weighted by atomic mass is 35.5. The maximum absolute atomic E-state index is 12.1. The van der Waals surface area contributed by atoms with Crippen LogP contribution in [0.15, 0.2) is 47.7 Å². The lowest BCUT2D eigenvalue weighted by Gasteiger charge is -2.15. The van der Waals surface area contributed by atoms with Gasteiger partial charge >= 0.3 is 0 Å². The Hall–Kier alpha value is -2.40. The van der Waals surface area contributed by atoms with E-state index in [1.54, 1.807) is 38.2 Å². The van der Waals surface area contributed by atoms with Gasteiger partial charge in [-0.1, -0.05) is 17.7 Å². The van der Waals surface area contributed by atoms with E-state index < -0.39 is 6.10 Å². The summed E-state index contributed by atoms with van der Waals surface area (Å²) in [5.41, 5.74) is 4.68. The van der Waals surface area contributed by atoms with Crippen LogP contribution in [-0.4, -0.2) is 22.7 Å². The Morgan fingerprint density at radius 1 is 1.35 bits per heavy atom. The molecule has 0 radical (unpaired) electrons. The summed E-state index contributed by atoms with van der Waals surface area (Å²) in [6.45, 7) is 5.31. The predicted molar refractivity (Wildman–Crippen MR) is 90.9 cm³/mol. The second-order valence-electron chi connectivity index (χ2n) is 5.06. The molecule has 1 aromatic carbocycles. The molecule has 0 aliphatic carbocycles. The first-order valence-corrected chi connectivity index (χ1v) is 7.53. The van der Waals surface area contributed by atoms with Crippen LogP contribution < -0.4 is 10.2 Å². The van der Waals surface area contributed by atoms with E-state index in [4.69, 9.17) is 16.3 Å². The zero-order chi connectivity index (χ0) is 16.8. The van der Waals surface area contributed by atoms with Gasteiger partial charge in [-0.25, -0.2) is 5.43 Å². The predicted octanol–water partition coefficient (Wildman–Crippen LogP) is 3.35. The highest BCUT2D eigenvalue weighted by Gasteiger charge is 2.15. The van der Waals surface area contributed by atoms with Gasteiger partial charge in [-0.3, -0.25) is 9.78 Å². The fourth-order valence-corrected chi connectivity index (χ4v) is 2.08. The average molecular weight is 332 g/mol. The highest BCUT2D eigenvalue weighted by Crippen LogP contribution is 2.22. The largest absolute Gasteiger partial charge is 0.481 e. The van der Waals surface area contributed by atoms with Gasteiger partial charge in [0.25, 0.3) is 5.91 Å². The molecule has 1 atom stereocenters. The molecule has 1 amide bonds. The third-order valence-electron chi connectivity index (χ3n) is 3.18. The van der Waals surface area contributed by atoms with E-state index in [1.807, 2.05) is 25.1 Å². The monoisotopic (exact) mass is 331 g/mol. The van der Waals surface area contributed by atoms with E-state index in [0.29, 0.717) is 22.2 Å². The Bertz CT molecular complexity index is 717. The number of carbonyl (C=O) groups excluding carboxylic acids is 1. The molecule has 1 N–H and O–H groups in total. The number of nitrogens with zero attached hydrogens (tertiary/aromatic N) is 2. The Morgan fingerprint density at radius 3 is 2.78 bits per heavy atom. The minimum atomic E-state index is -0.685. The lowest BCUT2D eigenvalue weighted by Crippen LogP contribution is -2.34. The first kappa shape index (κ1) is 17.0. The summed E-state index contributed by atoms with van der Waals surface area (Å²) < 4.78 is 5.64. The number of amides is 1. The van der Waals surface area contributed by atoms with E-state index in [-0.39, 0.29) is 5.91 Å². The molecule has 0 aliphatic rings. The molecular weight excluding hydrogens is 314 g/mol. The van der Waals surface area contributed by atoms with Crippen molar-refractivity contribution in [3.63, 3.8) is 0 Å². The fourth-order valence-electron chi connectivity index (χ4n) is 1.85. The van der Waals surface area contributed by atoms with E-state index in [2.05, 4.69) is 15.5 Å². The summed E-state index contributed by atoms with van der Waals surface area (Å²) in [5, 5.41) is 4.67. The molecule has 5 nitrogen and oxygen atoms in total. The molecule has 0 saturated heterocycles. The van der Waals surface area contributed by atoms with Gasteiger partial charge < -0.3 is 4.74 Å². The van der Waals surface area contributed by atoms with Gasteiger partial charge in [0.2, 0.25) is 0 Å². The summed E-state index contributed by atoms with van der Waals surface area (Å²) in [6, 6.07) is 10.7. The van der Waals surface area contributed by atoms with Crippen molar-refractivity contribution in [3.05, 3.63) is 58.9 Å². The number of nitrogens with one attached hydrogen (secondary N) is 1. The Kier molecular flexibility index (Phi) is 5.71. The molecule has 0 bridgehead atoms. The summed E-state index contributed by atoms with van der Waals surface area (Å²) in [7, 11) is 0. The van der Waals surface area contributed by atoms with Crippen LogP contribution in [0.4, 0.5) is 0 Å². The number of ether oxygens (including phenoxy) is 1. The van der Waals surface area contributed by atoms with Crippen LogP contribution in [0, 0.1) is 6.92 Å². The van der Waals surface area contributed by atoms with Gasteiger partial charge in [-0.15, -0.1) is 0 Å². The minimum Gasteiger partial charge on any atom is -0.481 e. The van der Waals surface area contributed by atoms with Gasteiger partial charge in [-0.05, 0) is 56.7 Å². The number of benzene rings is 1. The zero-order valence-electron chi connectivity index (χ0n) is 13.2. The van der Waals surface area contributed by atoms with Crippen LogP contribution in [0.1, 0.15) is 25.1 Å². The Morgan fingerprint density at radius 2 is 2.13 bits per heavy atom. The van der Waals surface area contributed by atoms with Crippen LogP contribution in [0.3, 0.4) is 0 Å². The third kappa shape index (κ3) is 4.79. The third-order valence-corrected chi connectivity index (χ3v) is 3.41. The molecule has 2 aromatic rings. The number of hydrogen-bond acceptors (Lipinski definition) is 4. The van der Waals surface area contributed by atoms with Crippen LogP contribution in [0.2, 0.25) is 5.02 Å². The van der Waals surface area contributed by atoms with Gasteiger partial charge in [0, 0.05) is 11.2 Å². The number of pyridine rings is 1. The SMILES string of the molecule is CC(=NNC(=O)C(C)Oc1ccc(Cl)cc1C)c1ccccn1. The maximum Gasteiger partial charge on any atom is 0.280 e. The van der Waals surface area contributed by atoms with E-state index >= 15 is 0 Å². The van der Waals surface area contributed by atoms with Crippen molar-refractivity contribution in [2.45, 2.75) is 26.9 Å². The van der Waals surface area contributed by atoms with Gasteiger partial charge in [0.05, 0.1) is 11.4 Å². The molecule has 0 aliphatic heterocycles. The second kappa shape index (κ2) is 7.74. The smallest absolute Gasteiger partial charge is 0.280 e. The quantitative estimate of drug-likeness (QED) is 0.675. The molecular formula is C17H18ClN3O2. The molecule has 120 valence electrons. The van der Waals surface area contributed by atoms with Crippen LogP contribution in [0.5, 0.6) is 5.75 Å². The average Bonchev–Trinajstić information content (AvgIpc) is 2.55. The van der Waals surface area contributed by atoms with Crippen LogP contribution >= 0.6 is 11.6 Å². The van der Waals surface area contributed by atoms with E-state index in [0.717, 1.165) is 5.56 Å². The van der Waals surface area contributed by atoms with Crippen molar-refractivity contribution in [3.8, 4) is 5.75 Å². The lowest BCUT2D eigenvalue weighted by atomic mass is 10.2. The first-order valence-electron chi connectivity index (χ1n) is 7.15. The summed E-state index contributed by atoms with van der Waals surface area (Å²) in [5.74, 6) is 0.275. The van der Waals surface area contributed by atoms with Gasteiger partial charge in [0.15, 0.2) is 6.10 Å². The molecule has 1 unspecified atom stereocenters. The standard InChI is InChI=1S/C17H18ClN3O2/c1-11-10-14(18)7-8-16(11)23-13(3)17(22)21-20-12(2)15-6-4-5-9-19-15/h4-10,13H,1-3H3,(H,21,22). The molecule has 2 rings (SSSR count). The number of carbonyl (C=O) groups is 1. The molecule has 23 heavy (non-hydrogen) atoms. The van der Waals surface area contributed by atoms with Crippen LogP contribution in [-0.2, 0) is 4.79 Å². The van der Waals surface area contributed by atoms with Gasteiger partial charge in [0.1, 0.15) is 5.75 Å². The zero-order valence-corrected chi connectivity index (χ0v) is 14.0. The summed E-state index contributed by atoms with van der Waals surface area (Å²) >= 11 is 5.90. The van der Waals surface area contributed by atoms with Crippen LogP contribution in [0.25, 0.3) is 0 Å². The van der Waals surface area contributed by atoms with Crippen molar-refractivity contribution < 1.29 is 9.53 Å². The maximum atomic E-state index is 12.1. The van der Waals surface area contributed by atoms with Gasteiger partial charge in [-0.2, -0.15) is 5.10 Å². The molecule has 1 heterocycles. The second-order valence-corrected chi connectivity index (χ2v) is 5.49. The van der Waals surface area contributed by atoms with E-state index in [9.17, 15) is 4.79 Å². The van der Waals surface area contributed by atoms with Crippen molar-refractivity contribution >= 4 is 23.2 Å². The number of halogens is 1. The number of hydrogen-bond donors (Lipinski definition) is 1. The number of aromatic nitrogens is 1. The normalized spacial score (nSPS) is 12.6. The Labute approximate surface area is 140 Å². The van der Waals surface area contributed by atoms with E-state index in [1.165, 1.54) is 0 Å². The summed E-state index contributed by atoms with van der Waals surface area (Å²) in [4.78, 5) is 16.2.